The van der Waals surface area contributed by atoms with Crippen LogP contribution in [0.25, 0.3) is 0 Å². The second kappa shape index (κ2) is 5.45. The molecule has 7 nitrogen and oxygen atoms in total. The highest BCUT2D eigenvalue weighted by Crippen LogP contribution is 2.09. The number of nitrogen functional groups attached to an aromatic ring is 1. The lowest BCUT2D eigenvalue weighted by molar-refractivity contribution is 0.195. The van der Waals surface area contributed by atoms with Crippen LogP contribution in [0.3, 0.4) is 0 Å². The minimum absolute atomic E-state index is 0.284. The first-order chi connectivity index (χ1) is 8.54. The Morgan fingerprint density at radius 3 is 2.83 bits per heavy atom. The fourth-order valence-corrected chi connectivity index (χ4v) is 2.05. The van der Waals surface area contributed by atoms with E-state index in [0.717, 1.165) is 32.0 Å². The summed E-state index contributed by atoms with van der Waals surface area (Å²) in [7, 11) is 3.79. The molecular weight excluding hydrogens is 230 g/mol. The third kappa shape index (κ3) is 3.27. The summed E-state index contributed by atoms with van der Waals surface area (Å²) in [5.41, 5.74) is 5.71. The van der Waals surface area contributed by atoms with Crippen molar-refractivity contribution in [2.24, 2.45) is 0 Å². The maximum Gasteiger partial charge on any atom is 0.229 e. The third-order valence-electron chi connectivity index (χ3n) is 2.91. The van der Waals surface area contributed by atoms with Gasteiger partial charge in [0.25, 0.3) is 0 Å². The Morgan fingerprint density at radius 1 is 1.39 bits per heavy atom. The van der Waals surface area contributed by atoms with Crippen LogP contribution in [0.5, 0.6) is 0 Å². The van der Waals surface area contributed by atoms with Crippen LogP contribution < -0.4 is 16.0 Å². The number of hydrogen-bond donors (Lipinski definition) is 2. The molecule has 3 N–H and O–H groups in total. The van der Waals surface area contributed by atoms with Crippen LogP contribution >= 0.6 is 0 Å². The van der Waals surface area contributed by atoms with Gasteiger partial charge in [0.15, 0.2) is 0 Å². The van der Waals surface area contributed by atoms with Crippen LogP contribution in [0.2, 0.25) is 0 Å². The summed E-state index contributed by atoms with van der Waals surface area (Å²) in [5, 5.41) is 3.41. The minimum atomic E-state index is 0.284. The van der Waals surface area contributed by atoms with Crippen molar-refractivity contribution in [3.05, 3.63) is 5.82 Å². The lowest BCUT2D eigenvalue weighted by atomic mass is 10.2. The van der Waals surface area contributed by atoms with Crippen LogP contribution in [-0.4, -0.2) is 59.6 Å². The van der Waals surface area contributed by atoms with Crippen molar-refractivity contribution in [1.29, 1.82) is 0 Å². The van der Waals surface area contributed by atoms with Gasteiger partial charge in [-0.2, -0.15) is 15.0 Å². The number of rotatable bonds is 3. The Kier molecular flexibility index (Phi) is 3.93. The van der Waals surface area contributed by atoms with Gasteiger partial charge in [0.2, 0.25) is 11.9 Å². The Bertz CT molecular complexity index is 406. The lowest BCUT2D eigenvalue weighted by Crippen LogP contribution is -2.48. The van der Waals surface area contributed by atoms with Gasteiger partial charge in [0.1, 0.15) is 5.82 Å². The third-order valence-corrected chi connectivity index (χ3v) is 2.91. The van der Waals surface area contributed by atoms with Gasteiger partial charge in [-0.1, -0.05) is 0 Å². The van der Waals surface area contributed by atoms with Crippen LogP contribution in [0.15, 0.2) is 0 Å². The summed E-state index contributed by atoms with van der Waals surface area (Å²) in [6.45, 7) is 5.91. The van der Waals surface area contributed by atoms with E-state index in [-0.39, 0.29) is 5.95 Å². The van der Waals surface area contributed by atoms with Crippen LogP contribution in [0.1, 0.15) is 12.7 Å². The molecule has 1 fully saturated rings. The molecule has 1 aromatic rings. The van der Waals surface area contributed by atoms with E-state index in [2.05, 4.69) is 32.1 Å². The molecule has 1 aliphatic rings. The molecule has 2 rings (SSSR count). The largest absolute Gasteiger partial charge is 0.368 e. The molecule has 1 atom stereocenters. The number of nitrogens with one attached hydrogen (secondary N) is 1. The van der Waals surface area contributed by atoms with E-state index in [1.807, 2.05) is 19.0 Å². The molecule has 0 spiro atoms. The van der Waals surface area contributed by atoms with Gasteiger partial charge in [0.05, 0.1) is 6.54 Å². The Balaban J connectivity index is 2.08. The average Bonchev–Trinajstić information content (AvgIpc) is 2.28. The van der Waals surface area contributed by atoms with Crippen LogP contribution in [0, 0.1) is 0 Å². The molecule has 0 amide bonds. The molecule has 0 aliphatic carbocycles. The zero-order chi connectivity index (χ0) is 13.1. The Hall–Kier alpha value is -1.47. The number of piperazine rings is 1. The van der Waals surface area contributed by atoms with E-state index in [1.54, 1.807) is 0 Å². The van der Waals surface area contributed by atoms with E-state index >= 15 is 0 Å². The van der Waals surface area contributed by atoms with Crippen LogP contribution in [0.4, 0.5) is 11.9 Å². The van der Waals surface area contributed by atoms with Gasteiger partial charge < -0.3 is 16.0 Å². The molecule has 1 unspecified atom stereocenters. The summed E-state index contributed by atoms with van der Waals surface area (Å²) in [6, 6.07) is 0.506. The number of hydrogen-bond acceptors (Lipinski definition) is 7. The van der Waals surface area contributed by atoms with Gasteiger partial charge in [-0.05, 0) is 6.92 Å². The summed E-state index contributed by atoms with van der Waals surface area (Å²) in [5.74, 6) is 1.63. The number of anilines is 2. The van der Waals surface area contributed by atoms with Crippen molar-refractivity contribution in [3.8, 4) is 0 Å². The molecular formula is C11H21N7. The summed E-state index contributed by atoms with van der Waals surface area (Å²) < 4.78 is 0. The molecule has 0 saturated carbocycles. The SMILES string of the molecule is CC1CN(Cc2nc(N)nc(N(C)C)n2)CCN1. The van der Waals surface area contributed by atoms with E-state index in [9.17, 15) is 0 Å². The summed E-state index contributed by atoms with van der Waals surface area (Å²) >= 11 is 0. The molecule has 18 heavy (non-hydrogen) atoms. The maximum atomic E-state index is 5.71. The highest BCUT2D eigenvalue weighted by molar-refractivity contribution is 5.32. The second-order valence-corrected chi connectivity index (χ2v) is 4.89. The summed E-state index contributed by atoms with van der Waals surface area (Å²) in [6.07, 6.45) is 0. The van der Waals surface area contributed by atoms with E-state index in [0.29, 0.717) is 12.0 Å². The first-order valence-corrected chi connectivity index (χ1v) is 6.18. The van der Waals surface area contributed by atoms with Crippen molar-refractivity contribution in [2.45, 2.75) is 19.5 Å². The van der Waals surface area contributed by atoms with E-state index in [4.69, 9.17) is 5.73 Å². The maximum absolute atomic E-state index is 5.71. The zero-order valence-corrected chi connectivity index (χ0v) is 11.2. The number of nitrogens with two attached hydrogens (primary N) is 1. The molecule has 1 aromatic heterocycles. The topological polar surface area (TPSA) is 83.2 Å². The van der Waals surface area contributed by atoms with Crippen molar-refractivity contribution in [1.82, 2.24) is 25.2 Å². The van der Waals surface area contributed by atoms with Gasteiger partial charge in [-0.25, -0.2) is 0 Å². The van der Waals surface area contributed by atoms with Crippen molar-refractivity contribution >= 4 is 11.9 Å². The quantitative estimate of drug-likeness (QED) is 0.736. The van der Waals surface area contributed by atoms with Gasteiger partial charge in [-0.15, -0.1) is 0 Å². The Morgan fingerprint density at radius 2 is 2.17 bits per heavy atom. The number of nitrogens with zero attached hydrogens (tertiary/aromatic N) is 5. The summed E-state index contributed by atoms with van der Waals surface area (Å²) in [4.78, 5) is 16.9. The predicted octanol–water partition coefficient (Wildman–Crippen LogP) is -0.686. The second-order valence-electron chi connectivity index (χ2n) is 4.89. The highest BCUT2D eigenvalue weighted by Gasteiger charge is 2.17. The first kappa shape index (κ1) is 13.0. The smallest absolute Gasteiger partial charge is 0.229 e. The monoisotopic (exact) mass is 251 g/mol. The van der Waals surface area contributed by atoms with Crippen molar-refractivity contribution in [3.63, 3.8) is 0 Å². The van der Waals surface area contributed by atoms with E-state index in [1.165, 1.54) is 0 Å². The van der Waals surface area contributed by atoms with Crippen molar-refractivity contribution in [2.75, 3.05) is 44.4 Å². The van der Waals surface area contributed by atoms with Gasteiger partial charge in [-0.3, -0.25) is 4.90 Å². The fraction of sp³-hybridized carbons (Fsp3) is 0.727. The molecule has 100 valence electrons. The lowest BCUT2D eigenvalue weighted by Gasteiger charge is -2.31. The van der Waals surface area contributed by atoms with Gasteiger partial charge >= 0.3 is 0 Å². The van der Waals surface area contributed by atoms with Gasteiger partial charge in [0, 0.05) is 39.8 Å². The minimum Gasteiger partial charge on any atom is -0.368 e. The number of aromatic nitrogens is 3. The first-order valence-electron chi connectivity index (χ1n) is 6.18. The molecule has 0 aromatic carbocycles. The molecule has 0 radical (unpaired) electrons. The zero-order valence-electron chi connectivity index (χ0n) is 11.2. The predicted molar refractivity (Wildman–Crippen MR) is 71.3 cm³/mol. The fourth-order valence-electron chi connectivity index (χ4n) is 2.05. The standard InChI is InChI=1S/C11H21N7/c1-8-6-18(5-4-13-8)7-9-14-10(12)16-11(15-9)17(2)3/h8,13H,4-7H2,1-3H3,(H2,12,14,15,16). The highest BCUT2D eigenvalue weighted by atomic mass is 15.3. The molecule has 2 heterocycles. The van der Waals surface area contributed by atoms with Crippen molar-refractivity contribution < 1.29 is 0 Å². The van der Waals surface area contributed by atoms with E-state index < -0.39 is 0 Å². The molecule has 0 bridgehead atoms. The Labute approximate surface area is 107 Å². The normalized spacial score (nSPS) is 20.9. The molecule has 1 aliphatic heterocycles. The molecule has 1 saturated heterocycles. The van der Waals surface area contributed by atoms with Crippen LogP contribution in [-0.2, 0) is 6.54 Å². The average molecular weight is 251 g/mol. The molecule has 7 heteroatoms.